The van der Waals surface area contributed by atoms with Crippen LogP contribution in [-0.4, -0.2) is 50.7 Å². The second kappa shape index (κ2) is 14.6. The molecule has 0 amide bonds. The number of phosphoric acid groups is 2. The van der Waals surface area contributed by atoms with E-state index in [1.807, 2.05) is 6.20 Å². The van der Waals surface area contributed by atoms with Crippen LogP contribution in [0.2, 0.25) is 0 Å². The Kier molecular flexibility index (Phi) is 13.0. The van der Waals surface area contributed by atoms with Crippen molar-refractivity contribution in [3.05, 3.63) is 48.7 Å². The van der Waals surface area contributed by atoms with E-state index in [4.69, 9.17) is 38.5 Å². The molecule has 0 aliphatic carbocycles. The fourth-order valence-electron chi connectivity index (χ4n) is 3.41. The maximum atomic E-state index is 8.77. The van der Waals surface area contributed by atoms with E-state index in [0.29, 0.717) is 0 Å². The molecule has 0 aliphatic heterocycles. The number of benzene rings is 2. The second-order valence-corrected chi connectivity index (χ2v) is 9.47. The van der Waals surface area contributed by atoms with Crippen LogP contribution in [0.25, 0.3) is 21.7 Å². The van der Waals surface area contributed by atoms with E-state index in [-0.39, 0.29) is 0 Å². The van der Waals surface area contributed by atoms with Gasteiger partial charge in [0.05, 0.1) is 37.1 Å². The number of aromatic nitrogens is 1. The summed E-state index contributed by atoms with van der Waals surface area (Å²) in [4.78, 5) is 52.1. The van der Waals surface area contributed by atoms with Crippen molar-refractivity contribution in [3.63, 3.8) is 0 Å². The van der Waals surface area contributed by atoms with Crippen LogP contribution in [0.4, 0.5) is 5.69 Å². The number of fused-ring (bicyclic) bond motifs is 2. The number of quaternary nitrogens is 2. The summed E-state index contributed by atoms with van der Waals surface area (Å²) < 4.78 is 17.5. The van der Waals surface area contributed by atoms with Crippen molar-refractivity contribution in [2.24, 2.45) is 0 Å². The van der Waals surface area contributed by atoms with Crippen molar-refractivity contribution in [3.8, 4) is 0 Å². The van der Waals surface area contributed by atoms with Crippen molar-refractivity contribution < 1.29 is 48.7 Å². The standard InChI is InChI=1S/C21H27N3.2H3O4P/c1-3-24(4-2)14-8-7-12-22-20-11-13-23-21-16-18-10-6-5-9-17(18)15-19(20)21;2*1-5(2,3)4/h5-6,9-11,13,15-16H,3-4,7-8,12,14H2,1-2H3,(H,22,23);2*(H3,1,2,3,4). The molecular weight excluding hydrogens is 484 g/mol. The molecule has 0 saturated carbocycles. The molecule has 2 aromatic carbocycles. The number of nitrogens with zero attached hydrogens (tertiary/aromatic N) is 1. The van der Waals surface area contributed by atoms with Crippen LogP contribution in [0.3, 0.4) is 0 Å². The number of pyridine rings is 1. The van der Waals surface area contributed by atoms with Crippen LogP contribution in [-0.2, 0) is 9.13 Å². The number of hydrogen-bond donors (Lipinski definition) is 6. The molecular formula is C21H33N3O8P2. The van der Waals surface area contributed by atoms with Gasteiger partial charge in [0.25, 0.3) is 15.6 Å². The highest BCUT2D eigenvalue weighted by Gasteiger charge is 2.08. The number of hydrogen-bond acceptors (Lipinski definition) is 5. The van der Waals surface area contributed by atoms with Crippen LogP contribution in [0.5, 0.6) is 0 Å². The topological polar surface area (TPSA) is 195 Å². The lowest BCUT2D eigenvalue weighted by Gasteiger charge is -2.14. The maximum absolute atomic E-state index is 8.77. The van der Waals surface area contributed by atoms with Gasteiger partial charge < -0.3 is 39.6 Å². The first-order valence-electron chi connectivity index (χ1n) is 10.8. The molecule has 1 heterocycles. The summed E-state index contributed by atoms with van der Waals surface area (Å²) in [7, 11) is -9.78. The highest BCUT2D eigenvalue weighted by Crippen LogP contribution is 2.24. The minimum absolute atomic E-state index is 1.09. The average Bonchev–Trinajstić information content (AvgIpc) is 2.72. The van der Waals surface area contributed by atoms with Crippen LogP contribution in [0.15, 0.2) is 48.7 Å². The predicted molar refractivity (Wildman–Crippen MR) is 126 cm³/mol. The Bertz CT molecular complexity index is 1080. The van der Waals surface area contributed by atoms with Crippen LogP contribution < -0.4 is 20.0 Å². The average molecular weight is 517 g/mol. The second-order valence-electron chi connectivity index (χ2n) is 7.50. The molecule has 0 radical (unpaired) electrons. The Balaban J connectivity index is 0.000000489. The predicted octanol–water partition coefficient (Wildman–Crippen LogP) is -0.833. The van der Waals surface area contributed by atoms with Gasteiger partial charge in [0.15, 0.2) is 0 Å². The van der Waals surface area contributed by atoms with E-state index in [0.717, 1.165) is 12.1 Å². The van der Waals surface area contributed by atoms with E-state index >= 15 is 0 Å². The molecule has 0 atom stereocenters. The van der Waals surface area contributed by atoms with Gasteiger partial charge in [-0.1, -0.05) is 24.3 Å². The molecule has 0 fully saturated rings. The third-order valence-electron chi connectivity index (χ3n) is 4.99. The minimum atomic E-state index is -4.89. The van der Waals surface area contributed by atoms with E-state index in [9.17, 15) is 0 Å². The summed E-state index contributed by atoms with van der Waals surface area (Å²) in [5.74, 6) is 0. The van der Waals surface area contributed by atoms with Gasteiger partial charge >= 0.3 is 0 Å². The maximum Gasteiger partial charge on any atom is 0.262 e. The molecule has 34 heavy (non-hydrogen) atoms. The monoisotopic (exact) mass is 517 g/mol. The van der Waals surface area contributed by atoms with E-state index < -0.39 is 15.6 Å². The van der Waals surface area contributed by atoms with Crippen LogP contribution in [0, 0.1) is 0 Å². The fourth-order valence-corrected chi connectivity index (χ4v) is 3.41. The third-order valence-corrected chi connectivity index (χ3v) is 4.99. The normalized spacial score (nSPS) is 11.7. The zero-order valence-corrected chi connectivity index (χ0v) is 21.0. The highest BCUT2D eigenvalue weighted by molar-refractivity contribution is 7.43. The molecule has 0 aliphatic rings. The number of nitrogens with two attached hydrogens (primary N) is 1. The summed E-state index contributed by atoms with van der Waals surface area (Å²) in [6, 6.07) is 15.1. The fraction of sp³-hybridized carbons (Fsp3) is 0.381. The minimum Gasteiger partial charge on any atom is -0.756 e. The van der Waals surface area contributed by atoms with Crippen molar-refractivity contribution in [2.75, 3.05) is 26.2 Å². The summed E-state index contributed by atoms with van der Waals surface area (Å²) >= 11 is 0. The van der Waals surface area contributed by atoms with Crippen molar-refractivity contribution >= 4 is 43.0 Å². The molecule has 0 saturated heterocycles. The van der Waals surface area contributed by atoms with Gasteiger partial charge in [0, 0.05) is 25.1 Å². The molecule has 13 heteroatoms. The van der Waals surface area contributed by atoms with Crippen LogP contribution >= 0.6 is 15.6 Å². The van der Waals surface area contributed by atoms with Gasteiger partial charge in [0.1, 0.15) is 5.69 Å². The summed E-state index contributed by atoms with van der Waals surface area (Å²) in [5.41, 5.74) is 2.41. The summed E-state index contributed by atoms with van der Waals surface area (Å²) in [6.45, 7) is 9.47. The lowest BCUT2D eigenvalue weighted by Crippen LogP contribution is -3.11. The smallest absolute Gasteiger partial charge is 0.262 e. The Morgan fingerprint density at radius 3 is 1.97 bits per heavy atom. The van der Waals surface area contributed by atoms with Gasteiger partial charge in [-0.3, -0.25) is 14.1 Å². The first-order chi connectivity index (χ1) is 15.8. The van der Waals surface area contributed by atoms with E-state index in [1.54, 1.807) is 4.90 Å². The Labute approximate surface area is 198 Å². The molecule has 11 nitrogen and oxygen atoms in total. The molecule has 0 bridgehead atoms. The van der Waals surface area contributed by atoms with Gasteiger partial charge in [-0.15, -0.1) is 0 Å². The quantitative estimate of drug-likeness (QED) is 0.126. The zero-order valence-electron chi connectivity index (χ0n) is 19.2. The molecule has 3 aromatic rings. The Morgan fingerprint density at radius 1 is 0.912 bits per heavy atom. The first-order valence-corrected chi connectivity index (χ1v) is 13.8. The molecule has 3 rings (SSSR count). The van der Waals surface area contributed by atoms with Crippen LogP contribution in [0.1, 0.15) is 26.7 Å². The van der Waals surface area contributed by atoms with Crippen molar-refractivity contribution in [1.82, 2.24) is 4.98 Å². The lowest BCUT2D eigenvalue weighted by atomic mass is 10.1. The van der Waals surface area contributed by atoms with Gasteiger partial charge in [0.2, 0.25) is 0 Å². The number of unbranched alkanes of at least 4 members (excludes halogenated alkanes) is 1. The lowest BCUT2D eigenvalue weighted by molar-refractivity contribution is -0.896. The molecule has 1 aromatic heterocycles. The Hall–Kier alpha value is -1.75. The van der Waals surface area contributed by atoms with Crippen molar-refractivity contribution in [2.45, 2.75) is 26.7 Å². The number of rotatable bonds is 8. The largest absolute Gasteiger partial charge is 0.756 e. The van der Waals surface area contributed by atoms with Gasteiger partial charge in [-0.25, -0.2) is 0 Å². The molecule has 7 N–H and O–H groups in total. The first kappa shape index (κ1) is 30.3. The summed E-state index contributed by atoms with van der Waals surface area (Å²) in [5, 5.41) is 6.20. The SMILES string of the molecule is CC[NH+](CC)CCCC[NH2+]c1ccnc2cc3ccccc3cc12.O=P([O-])(O)O.O=P([O-])(O)O. The molecule has 0 spiro atoms. The van der Waals surface area contributed by atoms with E-state index in [2.05, 4.69) is 66.6 Å². The summed E-state index contributed by atoms with van der Waals surface area (Å²) in [6.07, 6.45) is 4.50. The van der Waals surface area contributed by atoms with Gasteiger partial charge in [-0.05, 0) is 36.8 Å². The highest BCUT2D eigenvalue weighted by atomic mass is 31.2. The third kappa shape index (κ3) is 13.8. The Morgan fingerprint density at radius 2 is 1.44 bits per heavy atom. The zero-order chi connectivity index (χ0) is 25.8. The molecule has 190 valence electrons. The van der Waals surface area contributed by atoms with Gasteiger partial charge in [-0.2, -0.15) is 0 Å². The number of nitrogens with one attached hydrogen (secondary N) is 1. The van der Waals surface area contributed by atoms with E-state index in [1.165, 1.54) is 54.3 Å². The van der Waals surface area contributed by atoms with Crippen molar-refractivity contribution in [1.29, 1.82) is 0 Å². The molecule has 0 unspecified atom stereocenters.